The van der Waals surface area contributed by atoms with Gasteiger partial charge in [-0.05, 0) is 44.8 Å². The predicted octanol–water partition coefficient (Wildman–Crippen LogP) is 2.04. The normalized spacial score (nSPS) is 31.5. The van der Waals surface area contributed by atoms with Crippen LogP contribution in [-0.4, -0.2) is 41.0 Å². The highest BCUT2D eigenvalue weighted by Gasteiger charge is 2.40. The molecular weight excluding hydrogens is 266 g/mol. The fourth-order valence-electron chi connectivity index (χ4n) is 3.75. The largest absolute Gasteiger partial charge is 0.464 e. The van der Waals surface area contributed by atoms with Crippen LogP contribution in [0.5, 0.6) is 0 Å². The maximum absolute atomic E-state index is 12.5. The van der Waals surface area contributed by atoms with Gasteiger partial charge < -0.3 is 9.73 Å². The van der Waals surface area contributed by atoms with Crippen molar-refractivity contribution in [2.24, 2.45) is 5.92 Å². The molecule has 21 heavy (non-hydrogen) atoms. The molecular formula is C16H19N3O2. The van der Waals surface area contributed by atoms with Crippen molar-refractivity contribution >= 4 is 16.9 Å². The Kier molecular flexibility index (Phi) is 2.96. The van der Waals surface area contributed by atoms with Gasteiger partial charge in [0.05, 0.1) is 6.26 Å². The first-order valence-electron chi connectivity index (χ1n) is 7.60. The molecule has 1 N–H and O–H groups in total. The first kappa shape index (κ1) is 12.8. The number of piperidine rings is 3. The summed E-state index contributed by atoms with van der Waals surface area (Å²) >= 11 is 0. The molecule has 3 aliphatic heterocycles. The molecule has 110 valence electrons. The lowest BCUT2D eigenvalue weighted by molar-refractivity contribution is 0.0216. The van der Waals surface area contributed by atoms with E-state index in [2.05, 4.69) is 22.1 Å². The third-order valence-corrected chi connectivity index (χ3v) is 5.05. The van der Waals surface area contributed by atoms with Crippen LogP contribution in [0.3, 0.4) is 0 Å². The minimum absolute atomic E-state index is 0.0982. The molecule has 2 aromatic rings. The number of carbonyl (C=O) groups is 1. The van der Waals surface area contributed by atoms with Crippen LogP contribution in [-0.2, 0) is 0 Å². The Hall–Kier alpha value is -1.88. The highest BCUT2D eigenvalue weighted by atomic mass is 16.3. The molecule has 5 rings (SSSR count). The summed E-state index contributed by atoms with van der Waals surface area (Å²) < 4.78 is 5.34. The van der Waals surface area contributed by atoms with E-state index < -0.39 is 0 Å². The molecule has 5 nitrogen and oxygen atoms in total. The maximum Gasteiger partial charge on any atom is 0.270 e. The second-order valence-corrected chi connectivity index (χ2v) is 6.14. The molecule has 3 aliphatic rings. The first-order chi connectivity index (χ1) is 10.2. The van der Waals surface area contributed by atoms with Gasteiger partial charge >= 0.3 is 0 Å². The number of aromatic nitrogens is 1. The van der Waals surface area contributed by atoms with Crippen LogP contribution in [0.25, 0.3) is 11.0 Å². The van der Waals surface area contributed by atoms with Crippen LogP contribution in [0.4, 0.5) is 0 Å². The number of hydrogen-bond donors (Lipinski definition) is 1. The molecule has 5 heteroatoms. The Balaban J connectivity index is 1.54. The number of pyridine rings is 1. The summed E-state index contributed by atoms with van der Waals surface area (Å²) in [6.45, 7) is 4.53. The molecule has 3 saturated heterocycles. The van der Waals surface area contributed by atoms with Crippen molar-refractivity contribution in [2.75, 3.05) is 13.1 Å². The van der Waals surface area contributed by atoms with Crippen LogP contribution in [0.1, 0.15) is 30.3 Å². The lowest BCUT2D eigenvalue weighted by Gasteiger charge is -2.49. The molecule has 1 amide bonds. The Morgan fingerprint density at radius 2 is 2.24 bits per heavy atom. The Morgan fingerprint density at radius 3 is 3.00 bits per heavy atom. The second kappa shape index (κ2) is 4.84. The van der Waals surface area contributed by atoms with E-state index >= 15 is 0 Å². The second-order valence-electron chi connectivity index (χ2n) is 6.14. The summed E-state index contributed by atoms with van der Waals surface area (Å²) in [5.74, 6) is 0.500. The summed E-state index contributed by atoms with van der Waals surface area (Å²) in [6, 6.07) is 4.21. The van der Waals surface area contributed by atoms with Crippen molar-refractivity contribution in [2.45, 2.75) is 31.8 Å². The average Bonchev–Trinajstić information content (AvgIpc) is 2.98. The summed E-state index contributed by atoms with van der Waals surface area (Å²) in [7, 11) is 0. The van der Waals surface area contributed by atoms with Gasteiger partial charge in [0, 0.05) is 29.7 Å². The molecule has 2 atom stereocenters. The quantitative estimate of drug-likeness (QED) is 0.917. The summed E-state index contributed by atoms with van der Waals surface area (Å²) in [5, 5.41) is 4.11. The van der Waals surface area contributed by atoms with E-state index in [0.29, 0.717) is 23.2 Å². The number of rotatable bonds is 2. The molecule has 0 radical (unpaired) electrons. The maximum atomic E-state index is 12.5. The fourth-order valence-corrected chi connectivity index (χ4v) is 3.75. The minimum Gasteiger partial charge on any atom is -0.464 e. The highest BCUT2D eigenvalue weighted by molar-refractivity contribution is 5.95. The van der Waals surface area contributed by atoms with Gasteiger partial charge in [-0.15, -0.1) is 0 Å². The Bertz CT molecular complexity index is 671. The molecule has 0 aliphatic carbocycles. The summed E-state index contributed by atoms with van der Waals surface area (Å²) in [5.41, 5.74) is 1.14. The monoisotopic (exact) mass is 285 g/mol. The highest BCUT2D eigenvalue weighted by Crippen LogP contribution is 2.32. The minimum atomic E-state index is -0.0982. The molecule has 0 aromatic carbocycles. The zero-order valence-corrected chi connectivity index (χ0v) is 12.1. The van der Waals surface area contributed by atoms with Crippen LogP contribution in [0.15, 0.2) is 29.0 Å². The predicted molar refractivity (Wildman–Crippen MR) is 79.0 cm³/mol. The molecule has 2 bridgehead atoms. The van der Waals surface area contributed by atoms with Crippen molar-refractivity contribution in [1.29, 1.82) is 0 Å². The molecule has 3 fully saturated rings. The fraction of sp³-hybridized carbons (Fsp3) is 0.500. The van der Waals surface area contributed by atoms with Crippen LogP contribution < -0.4 is 5.32 Å². The van der Waals surface area contributed by atoms with Gasteiger partial charge in [-0.1, -0.05) is 0 Å². The molecule has 5 heterocycles. The van der Waals surface area contributed by atoms with Crippen molar-refractivity contribution in [3.63, 3.8) is 0 Å². The Labute approximate surface area is 123 Å². The molecule has 0 saturated carbocycles. The number of amides is 1. The van der Waals surface area contributed by atoms with Gasteiger partial charge in [0.2, 0.25) is 0 Å². The Morgan fingerprint density at radius 1 is 1.43 bits per heavy atom. The van der Waals surface area contributed by atoms with Gasteiger partial charge in [-0.3, -0.25) is 14.7 Å². The van der Waals surface area contributed by atoms with Crippen molar-refractivity contribution < 1.29 is 9.21 Å². The zero-order chi connectivity index (χ0) is 14.4. The third kappa shape index (κ3) is 2.12. The van der Waals surface area contributed by atoms with Gasteiger partial charge in [-0.2, -0.15) is 0 Å². The topological polar surface area (TPSA) is 58.4 Å². The SMILES string of the molecule is C[C@H]1[C@H](NC(=O)c2cc3occc3cn2)C2CCN1CC2. The van der Waals surface area contributed by atoms with Gasteiger partial charge in [0.25, 0.3) is 5.91 Å². The van der Waals surface area contributed by atoms with E-state index in [4.69, 9.17) is 4.42 Å². The van der Waals surface area contributed by atoms with E-state index in [1.807, 2.05) is 6.07 Å². The number of fused-ring (bicyclic) bond motifs is 4. The lowest BCUT2D eigenvalue weighted by atomic mass is 9.79. The van der Waals surface area contributed by atoms with Crippen molar-refractivity contribution in [1.82, 2.24) is 15.2 Å². The lowest BCUT2D eigenvalue weighted by Crippen LogP contribution is -2.62. The van der Waals surface area contributed by atoms with Crippen molar-refractivity contribution in [3.8, 4) is 0 Å². The van der Waals surface area contributed by atoms with Gasteiger partial charge in [0.1, 0.15) is 11.3 Å². The smallest absolute Gasteiger partial charge is 0.270 e. The number of nitrogens with one attached hydrogen (secondary N) is 1. The van der Waals surface area contributed by atoms with Crippen LogP contribution in [0.2, 0.25) is 0 Å². The standard InChI is InChI=1S/C16H19N3O2/c1-10-15(11-2-5-19(10)6-3-11)18-16(20)13-8-14-12(9-17-13)4-7-21-14/h4,7-11,15H,2-3,5-6H2,1H3,(H,18,20)/t10-,15-/m0/s1. The van der Waals surface area contributed by atoms with Gasteiger partial charge in [-0.25, -0.2) is 0 Å². The first-order valence-corrected chi connectivity index (χ1v) is 7.60. The number of carbonyl (C=O) groups excluding carboxylic acids is 1. The molecule has 0 spiro atoms. The number of furan rings is 1. The molecule has 0 unspecified atom stereocenters. The molecule has 2 aromatic heterocycles. The van der Waals surface area contributed by atoms with E-state index in [0.717, 1.165) is 18.5 Å². The number of hydrogen-bond acceptors (Lipinski definition) is 4. The average molecular weight is 285 g/mol. The van der Waals surface area contributed by atoms with Crippen LogP contribution in [0, 0.1) is 5.92 Å². The summed E-state index contributed by atoms with van der Waals surface area (Å²) in [6.07, 6.45) is 5.66. The van der Waals surface area contributed by atoms with Crippen molar-refractivity contribution in [3.05, 3.63) is 30.3 Å². The van der Waals surface area contributed by atoms with Gasteiger partial charge in [0.15, 0.2) is 0 Å². The zero-order valence-electron chi connectivity index (χ0n) is 12.1. The third-order valence-electron chi connectivity index (χ3n) is 5.05. The van der Waals surface area contributed by atoms with Crippen LogP contribution >= 0.6 is 0 Å². The number of nitrogens with zero attached hydrogens (tertiary/aromatic N) is 2. The summed E-state index contributed by atoms with van der Waals surface area (Å²) in [4.78, 5) is 19.2. The van der Waals surface area contributed by atoms with E-state index in [9.17, 15) is 4.79 Å². The van der Waals surface area contributed by atoms with E-state index in [1.54, 1.807) is 18.5 Å². The van der Waals surface area contributed by atoms with E-state index in [-0.39, 0.29) is 11.9 Å². The van der Waals surface area contributed by atoms with E-state index in [1.165, 1.54) is 12.8 Å².